The minimum Gasteiger partial charge on any atom is -0.250 e. The maximum Gasteiger partial charge on any atom is 0.399 e. The molecule has 0 heterocycles. The minimum absolute atomic E-state index is 0.0298. The summed E-state index contributed by atoms with van der Waals surface area (Å²) in [5, 5.41) is -0.540. The molecule has 3 rings (SSSR count). The minimum atomic E-state index is -5.00. The molecule has 0 radical (unpaired) electrons. The van der Waals surface area contributed by atoms with E-state index in [9.17, 15) is 22.0 Å². The maximum atomic E-state index is 15.3. The molecule has 1 unspecified atom stereocenters. The zero-order chi connectivity index (χ0) is 27.9. The third-order valence-corrected chi connectivity index (χ3v) is 6.96. The van der Waals surface area contributed by atoms with Crippen LogP contribution in [0.4, 0.5) is 35.1 Å². The largest absolute Gasteiger partial charge is 0.399 e. The lowest BCUT2D eigenvalue weighted by Crippen LogP contribution is -2.57. The first-order valence-electron chi connectivity index (χ1n) is 10.6. The maximum absolute atomic E-state index is 15.3. The summed E-state index contributed by atoms with van der Waals surface area (Å²) in [6, 6.07) is -0.284. The Labute approximate surface area is 222 Å². The van der Waals surface area contributed by atoms with Crippen LogP contribution in [-0.4, -0.2) is 23.1 Å². The molecule has 1 saturated carbocycles. The Kier molecular flexibility index (Phi) is 8.49. The summed E-state index contributed by atoms with van der Waals surface area (Å²) in [5.74, 6) is -6.95. The van der Waals surface area contributed by atoms with Gasteiger partial charge in [0, 0.05) is 36.2 Å². The first-order chi connectivity index (χ1) is 17.0. The van der Waals surface area contributed by atoms with Crippen LogP contribution in [0.3, 0.4) is 0 Å². The molecule has 37 heavy (non-hydrogen) atoms. The number of hydrazine groups is 1. The number of hydrogen-bond acceptors (Lipinski definition) is 2. The zero-order valence-corrected chi connectivity index (χ0v) is 21.2. The van der Waals surface area contributed by atoms with E-state index < -0.39 is 65.5 Å². The highest BCUT2D eigenvalue weighted by Crippen LogP contribution is 2.43. The van der Waals surface area contributed by atoms with Gasteiger partial charge < -0.3 is 0 Å². The van der Waals surface area contributed by atoms with Gasteiger partial charge in [0.2, 0.25) is 0 Å². The molecular weight excluding hydrogens is 575 g/mol. The molecular formula is C24H19Cl3F8N2. The van der Waals surface area contributed by atoms with Crippen molar-refractivity contribution in [2.75, 3.05) is 0 Å². The van der Waals surface area contributed by atoms with Crippen LogP contribution in [0.15, 0.2) is 49.2 Å². The lowest BCUT2D eigenvalue weighted by atomic mass is 9.89. The van der Waals surface area contributed by atoms with E-state index in [2.05, 4.69) is 12.0 Å². The second-order valence-corrected chi connectivity index (χ2v) is 9.74. The van der Waals surface area contributed by atoms with Gasteiger partial charge in [-0.2, -0.15) is 22.0 Å². The molecule has 202 valence electrons. The van der Waals surface area contributed by atoms with Crippen molar-refractivity contribution in [2.45, 2.75) is 49.9 Å². The van der Waals surface area contributed by atoms with Crippen LogP contribution in [0.5, 0.6) is 0 Å². The fraction of sp³-hybridized carbons (Fsp3) is 0.333. The van der Waals surface area contributed by atoms with Gasteiger partial charge >= 0.3 is 12.2 Å². The van der Waals surface area contributed by atoms with Crippen LogP contribution in [0.25, 0.3) is 5.83 Å². The highest BCUT2D eigenvalue weighted by atomic mass is 35.5. The van der Waals surface area contributed by atoms with E-state index in [-0.39, 0.29) is 31.7 Å². The lowest BCUT2D eigenvalue weighted by molar-refractivity contribution is -0.182. The van der Waals surface area contributed by atoms with Gasteiger partial charge in [0.25, 0.3) is 5.92 Å². The van der Waals surface area contributed by atoms with Crippen molar-refractivity contribution in [3.63, 3.8) is 0 Å². The van der Waals surface area contributed by atoms with Gasteiger partial charge in [-0.25, -0.2) is 23.6 Å². The summed E-state index contributed by atoms with van der Waals surface area (Å²) in [6.45, 7) is 4.54. The van der Waals surface area contributed by atoms with Gasteiger partial charge in [-0.15, -0.1) is 0 Å². The lowest BCUT2D eigenvalue weighted by Gasteiger charge is -2.41. The second kappa shape index (κ2) is 10.6. The average Bonchev–Trinajstić information content (AvgIpc) is 2.76. The molecule has 1 atom stereocenters. The summed E-state index contributed by atoms with van der Waals surface area (Å²) < 4.78 is 113. The van der Waals surface area contributed by atoms with Gasteiger partial charge in [0.15, 0.2) is 0 Å². The smallest absolute Gasteiger partial charge is 0.250 e. The molecule has 2 aromatic rings. The van der Waals surface area contributed by atoms with E-state index in [1.807, 2.05) is 0 Å². The van der Waals surface area contributed by atoms with E-state index in [0.717, 1.165) is 24.3 Å². The van der Waals surface area contributed by atoms with Gasteiger partial charge in [0.1, 0.15) is 11.7 Å². The summed E-state index contributed by atoms with van der Waals surface area (Å²) in [4.78, 5) is 0. The Morgan fingerprint density at radius 1 is 1.08 bits per heavy atom. The van der Waals surface area contributed by atoms with Crippen molar-refractivity contribution in [1.29, 1.82) is 0 Å². The van der Waals surface area contributed by atoms with Crippen molar-refractivity contribution < 1.29 is 35.1 Å². The average molecular weight is 594 g/mol. The predicted octanol–water partition coefficient (Wildman–Crippen LogP) is 9.41. The summed E-state index contributed by atoms with van der Waals surface area (Å²) in [6.07, 6.45) is -5.43. The second-order valence-electron chi connectivity index (χ2n) is 8.55. The number of aryl methyl sites for hydroxylation is 1. The van der Waals surface area contributed by atoms with Crippen LogP contribution in [0.2, 0.25) is 15.1 Å². The number of rotatable bonds is 8. The molecule has 1 aliphatic rings. The third kappa shape index (κ3) is 6.53. The molecule has 13 heteroatoms. The Bertz CT molecular complexity index is 1180. The number of halogens is 11. The summed E-state index contributed by atoms with van der Waals surface area (Å²) in [5.41, 5.74) is 0.370. The monoisotopic (exact) mass is 592 g/mol. The first-order valence-corrected chi connectivity index (χ1v) is 11.7. The Balaban J connectivity index is 1.98. The molecule has 0 aromatic heterocycles. The number of benzene rings is 2. The van der Waals surface area contributed by atoms with Gasteiger partial charge in [-0.3, -0.25) is 0 Å². The Morgan fingerprint density at radius 2 is 1.65 bits per heavy atom. The normalized spacial score (nSPS) is 17.4. The van der Waals surface area contributed by atoms with Crippen LogP contribution < -0.4 is 5.43 Å². The summed E-state index contributed by atoms with van der Waals surface area (Å²) >= 11 is 17.4. The predicted molar refractivity (Wildman–Crippen MR) is 128 cm³/mol. The van der Waals surface area contributed by atoms with Gasteiger partial charge in [-0.05, 0) is 42.3 Å². The number of hydrogen-bond donors (Lipinski definition) is 1. The number of nitrogens with zero attached hydrogens (tertiary/aromatic N) is 1. The van der Waals surface area contributed by atoms with Crippen LogP contribution in [0, 0.1) is 6.92 Å². The number of allylic oxidation sites excluding steroid dienone is 1. The Hall–Kier alpha value is -2.01. The molecule has 1 fully saturated rings. The third-order valence-electron chi connectivity index (χ3n) is 5.77. The van der Waals surface area contributed by atoms with Gasteiger partial charge in [-0.1, -0.05) is 53.5 Å². The quantitative estimate of drug-likeness (QED) is 0.142. The van der Waals surface area contributed by atoms with Crippen molar-refractivity contribution >= 4 is 40.6 Å². The fourth-order valence-electron chi connectivity index (χ4n) is 3.80. The molecule has 1 N–H and O–H groups in total. The molecule has 0 spiro atoms. The van der Waals surface area contributed by atoms with Crippen molar-refractivity contribution in [3.05, 3.63) is 86.5 Å². The van der Waals surface area contributed by atoms with E-state index in [4.69, 9.17) is 34.8 Å². The van der Waals surface area contributed by atoms with Crippen LogP contribution >= 0.6 is 34.8 Å². The molecule has 2 aromatic carbocycles. The topological polar surface area (TPSA) is 15.3 Å². The Morgan fingerprint density at radius 3 is 2.14 bits per heavy atom. The highest BCUT2D eigenvalue weighted by molar-refractivity contribution is 6.48. The molecule has 0 bridgehead atoms. The van der Waals surface area contributed by atoms with Gasteiger partial charge in [0.05, 0.1) is 15.1 Å². The van der Waals surface area contributed by atoms with E-state index in [1.54, 1.807) is 0 Å². The van der Waals surface area contributed by atoms with E-state index in [0.29, 0.717) is 12.3 Å². The zero-order valence-electron chi connectivity index (χ0n) is 18.9. The number of nitrogens with one attached hydrogen (secondary N) is 1. The molecule has 0 saturated heterocycles. The highest BCUT2D eigenvalue weighted by Gasteiger charge is 2.48. The number of alkyl halides is 7. The molecule has 1 aliphatic carbocycles. The first kappa shape index (κ1) is 29.5. The van der Waals surface area contributed by atoms with Crippen molar-refractivity contribution in [2.24, 2.45) is 0 Å². The SMILES string of the molecule is C=CN(NC1CC(F)(F)C1)C(F)(F)c1cc(/C(F)=C/C(c2cc(Cl)c(Cl)c(Cl)c2)C(F)(F)F)ccc1C. The van der Waals surface area contributed by atoms with Crippen molar-refractivity contribution in [1.82, 2.24) is 10.4 Å². The van der Waals surface area contributed by atoms with E-state index >= 15 is 13.2 Å². The summed E-state index contributed by atoms with van der Waals surface area (Å²) in [7, 11) is 0. The van der Waals surface area contributed by atoms with E-state index in [1.165, 1.54) is 6.92 Å². The van der Waals surface area contributed by atoms with Crippen LogP contribution in [0.1, 0.15) is 41.0 Å². The molecule has 0 amide bonds. The van der Waals surface area contributed by atoms with Crippen molar-refractivity contribution in [3.8, 4) is 0 Å². The van der Waals surface area contributed by atoms with Crippen LogP contribution in [-0.2, 0) is 6.05 Å². The molecule has 2 nitrogen and oxygen atoms in total. The standard InChI is InChI=1S/C24H19Cl3F8N2/c1-3-37(36-15-10-22(29,30)11-15)24(34,35)16-6-13(5-4-12(16)2)20(28)9-17(23(31,32)33)14-7-18(25)21(27)19(26)8-14/h3-9,15,17,36H,1,10-11H2,2H3/b20-9-. The molecule has 0 aliphatic heterocycles. The fourth-order valence-corrected chi connectivity index (χ4v) is 4.41.